The first-order chi connectivity index (χ1) is 14.9. The molecule has 8 heteroatoms. The van der Waals surface area contributed by atoms with Gasteiger partial charge < -0.3 is 10.1 Å². The van der Waals surface area contributed by atoms with E-state index in [1.807, 2.05) is 35.7 Å². The molecule has 4 aromatic rings. The molecule has 2 aromatic carbocycles. The minimum Gasteiger partial charge on any atom is -0.449 e. The molecule has 1 N–H and O–H groups in total. The van der Waals surface area contributed by atoms with Crippen LogP contribution in [-0.2, 0) is 9.53 Å². The zero-order valence-electron chi connectivity index (χ0n) is 16.3. The van der Waals surface area contributed by atoms with Gasteiger partial charge >= 0.3 is 5.97 Å². The quantitative estimate of drug-likeness (QED) is 0.340. The van der Waals surface area contributed by atoms with E-state index in [2.05, 4.69) is 10.3 Å². The van der Waals surface area contributed by atoms with Crippen molar-refractivity contribution in [1.29, 1.82) is 0 Å². The molecule has 0 saturated carbocycles. The maximum absolute atomic E-state index is 13.0. The molecule has 0 aliphatic carbocycles. The predicted octanol–water partition coefficient (Wildman–Crippen LogP) is 6.45. The number of rotatable bonds is 5. The molecular weight excluding hydrogens is 455 g/mol. The van der Waals surface area contributed by atoms with E-state index in [0.29, 0.717) is 37.9 Å². The fourth-order valence-corrected chi connectivity index (χ4v) is 4.14. The van der Waals surface area contributed by atoms with E-state index in [-0.39, 0.29) is 0 Å². The summed E-state index contributed by atoms with van der Waals surface area (Å²) in [4.78, 5) is 31.1. The second-order valence-electron chi connectivity index (χ2n) is 6.71. The highest BCUT2D eigenvalue weighted by atomic mass is 35.5. The second-order valence-corrected chi connectivity index (χ2v) is 8.50. The van der Waals surface area contributed by atoms with Crippen LogP contribution in [0.25, 0.3) is 21.5 Å². The molecule has 1 atom stereocenters. The number of ether oxygens (including phenoxy) is 1. The van der Waals surface area contributed by atoms with Crippen molar-refractivity contribution >= 4 is 63.0 Å². The number of carbonyl (C=O) groups is 2. The molecule has 4 rings (SSSR count). The van der Waals surface area contributed by atoms with Gasteiger partial charge in [-0.25, -0.2) is 9.78 Å². The summed E-state index contributed by atoms with van der Waals surface area (Å²) < 4.78 is 5.47. The number of amides is 1. The average Bonchev–Trinajstić information content (AvgIpc) is 3.29. The van der Waals surface area contributed by atoms with Crippen LogP contribution in [0.5, 0.6) is 0 Å². The summed E-state index contributed by atoms with van der Waals surface area (Å²) in [6.45, 7) is 1.50. The maximum Gasteiger partial charge on any atom is 0.339 e. The van der Waals surface area contributed by atoms with Crippen LogP contribution in [-0.4, -0.2) is 23.0 Å². The monoisotopic (exact) mass is 470 g/mol. The molecule has 0 radical (unpaired) electrons. The van der Waals surface area contributed by atoms with E-state index in [1.54, 1.807) is 24.3 Å². The number of nitrogens with zero attached hydrogens (tertiary/aromatic N) is 1. The third-order valence-electron chi connectivity index (χ3n) is 4.55. The van der Waals surface area contributed by atoms with Crippen molar-refractivity contribution in [1.82, 2.24) is 4.98 Å². The Bertz CT molecular complexity index is 1280. The smallest absolute Gasteiger partial charge is 0.339 e. The Morgan fingerprint density at radius 1 is 1.06 bits per heavy atom. The number of halogens is 2. The highest BCUT2D eigenvalue weighted by Gasteiger charge is 2.22. The Kier molecular flexibility index (Phi) is 6.23. The van der Waals surface area contributed by atoms with E-state index in [1.165, 1.54) is 24.3 Å². The van der Waals surface area contributed by atoms with Crippen molar-refractivity contribution in [2.45, 2.75) is 13.0 Å². The summed E-state index contributed by atoms with van der Waals surface area (Å²) in [5.74, 6) is -1.12. The van der Waals surface area contributed by atoms with Crippen LogP contribution in [0.2, 0.25) is 10.0 Å². The average molecular weight is 471 g/mol. The molecule has 156 valence electrons. The van der Waals surface area contributed by atoms with Crippen LogP contribution in [0.1, 0.15) is 17.3 Å². The molecule has 31 heavy (non-hydrogen) atoms. The second kappa shape index (κ2) is 9.06. The van der Waals surface area contributed by atoms with Crippen LogP contribution in [0.4, 0.5) is 5.69 Å². The van der Waals surface area contributed by atoms with E-state index in [0.717, 1.165) is 4.88 Å². The lowest BCUT2D eigenvalue weighted by Crippen LogP contribution is -2.30. The van der Waals surface area contributed by atoms with Gasteiger partial charge in [-0.05, 0) is 48.7 Å². The van der Waals surface area contributed by atoms with Crippen molar-refractivity contribution < 1.29 is 14.3 Å². The number of hydrogen-bond donors (Lipinski definition) is 1. The van der Waals surface area contributed by atoms with Crippen molar-refractivity contribution in [2.75, 3.05) is 5.32 Å². The summed E-state index contributed by atoms with van der Waals surface area (Å²) in [6.07, 6.45) is -1.05. The van der Waals surface area contributed by atoms with E-state index in [9.17, 15) is 9.59 Å². The summed E-state index contributed by atoms with van der Waals surface area (Å²) >= 11 is 13.5. The van der Waals surface area contributed by atoms with Gasteiger partial charge in [-0.15, -0.1) is 11.3 Å². The minimum absolute atomic E-state index is 0.292. The van der Waals surface area contributed by atoms with Crippen molar-refractivity contribution in [3.63, 3.8) is 0 Å². The molecule has 2 aromatic heterocycles. The van der Waals surface area contributed by atoms with Gasteiger partial charge in [-0.2, -0.15) is 0 Å². The Morgan fingerprint density at radius 2 is 1.87 bits per heavy atom. The summed E-state index contributed by atoms with van der Waals surface area (Å²) in [6, 6.07) is 17.6. The molecule has 1 unspecified atom stereocenters. The highest BCUT2D eigenvalue weighted by molar-refractivity contribution is 7.13. The van der Waals surface area contributed by atoms with Gasteiger partial charge in [-0.1, -0.05) is 47.5 Å². The van der Waals surface area contributed by atoms with Gasteiger partial charge in [0.25, 0.3) is 5.91 Å². The van der Waals surface area contributed by atoms with E-state index >= 15 is 0 Å². The Hall–Kier alpha value is -2.93. The first-order valence-corrected chi connectivity index (χ1v) is 11.0. The number of benzene rings is 2. The zero-order chi connectivity index (χ0) is 22.0. The van der Waals surface area contributed by atoms with Crippen molar-refractivity contribution in [3.8, 4) is 10.6 Å². The Morgan fingerprint density at radius 3 is 2.61 bits per heavy atom. The van der Waals surface area contributed by atoms with E-state index < -0.39 is 18.0 Å². The number of pyridine rings is 1. The third-order valence-corrected chi connectivity index (χ3v) is 5.99. The Labute approximate surface area is 192 Å². The van der Waals surface area contributed by atoms with Crippen LogP contribution >= 0.6 is 34.5 Å². The fraction of sp³-hybridized carbons (Fsp3) is 0.0870. The topological polar surface area (TPSA) is 68.3 Å². The van der Waals surface area contributed by atoms with Crippen LogP contribution in [0.15, 0.2) is 66.0 Å². The number of anilines is 1. The number of carbonyl (C=O) groups excluding carboxylic acids is 2. The molecule has 0 saturated heterocycles. The third kappa shape index (κ3) is 4.71. The van der Waals surface area contributed by atoms with Crippen LogP contribution in [0, 0.1) is 0 Å². The van der Waals surface area contributed by atoms with Gasteiger partial charge in [0.2, 0.25) is 0 Å². The first-order valence-electron chi connectivity index (χ1n) is 9.33. The normalized spacial score (nSPS) is 11.8. The SMILES string of the molecule is CC(OC(=O)c1cc(-c2cccs2)nc2ccccc12)C(=O)Nc1ccc(Cl)cc1Cl. The molecule has 0 bridgehead atoms. The first kappa shape index (κ1) is 21.3. The standard InChI is InChI=1S/C23H16Cl2N2O3S/c1-13(22(28)27-19-9-8-14(24)11-17(19)25)30-23(29)16-12-20(21-7-4-10-31-21)26-18-6-3-2-5-15(16)18/h2-13H,1H3,(H,27,28). The molecule has 0 aliphatic rings. The van der Waals surface area contributed by atoms with Crippen molar-refractivity contribution in [2.24, 2.45) is 0 Å². The molecule has 0 aliphatic heterocycles. The fourth-order valence-electron chi connectivity index (χ4n) is 3.00. The predicted molar refractivity (Wildman–Crippen MR) is 125 cm³/mol. The molecule has 0 spiro atoms. The number of aromatic nitrogens is 1. The van der Waals surface area contributed by atoms with Crippen LogP contribution < -0.4 is 5.32 Å². The number of nitrogens with one attached hydrogen (secondary N) is 1. The van der Waals surface area contributed by atoms with Crippen LogP contribution in [0.3, 0.4) is 0 Å². The summed E-state index contributed by atoms with van der Waals surface area (Å²) in [7, 11) is 0. The lowest BCUT2D eigenvalue weighted by Gasteiger charge is -2.15. The number of fused-ring (bicyclic) bond motifs is 1. The number of esters is 1. The largest absolute Gasteiger partial charge is 0.449 e. The minimum atomic E-state index is -1.05. The van der Waals surface area contributed by atoms with E-state index in [4.69, 9.17) is 27.9 Å². The zero-order valence-corrected chi connectivity index (χ0v) is 18.6. The molecule has 1 amide bonds. The van der Waals surface area contributed by atoms with Gasteiger partial charge in [0.15, 0.2) is 6.10 Å². The summed E-state index contributed by atoms with van der Waals surface area (Å²) in [5, 5.41) is 5.99. The lowest BCUT2D eigenvalue weighted by atomic mass is 10.1. The molecular formula is C23H16Cl2N2O3S. The van der Waals surface area contributed by atoms with Gasteiger partial charge in [0, 0.05) is 10.4 Å². The van der Waals surface area contributed by atoms with Gasteiger partial charge in [0.05, 0.1) is 32.4 Å². The summed E-state index contributed by atoms with van der Waals surface area (Å²) in [5.41, 5.74) is 2.07. The number of para-hydroxylation sites is 1. The highest BCUT2D eigenvalue weighted by Crippen LogP contribution is 2.29. The van der Waals surface area contributed by atoms with Gasteiger partial charge in [-0.3, -0.25) is 4.79 Å². The molecule has 0 fully saturated rings. The maximum atomic E-state index is 13.0. The van der Waals surface area contributed by atoms with Gasteiger partial charge in [0.1, 0.15) is 0 Å². The number of hydrogen-bond acceptors (Lipinski definition) is 5. The van der Waals surface area contributed by atoms with Crippen molar-refractivity contribution in [3.05, 3.63) is 81.7 Å². The number of thiophene rings is 1. The molecule has 2 heterocycles. The Balaban J connectivity index is 1.58. The lowest BCUT2D eigenvalue weighted by molar-refractivity contribution is -0.123. The molecule has 5 nitrogen and oxygen atoms in total.